The van der Waals surface area contributed by atoms with Gasteiger partial charge in [-0.2, -0.15) is 0 Å². The van der Waals surface area contributed by atoms with Crippen molar-refractivity contribution in [2.45, 2.75) is 45.1 Å². The molecule has 0 radical (unpaired) electrons. The van der Waals surface area contributed by atoms with Crippen molar-refractivity contribution in [1.82, 2.24) is 10.6 Å². The molecule has 1 amide bonds. The van der Waals surface area contributed by atoms with E-state index in [-0.39, 0.29) is 17.4 Å². The van der Waals surface area contributed by atoms with Gasteiger partial charge >= 0.3 is 0 Å². The lowest BCUT2D eigenvalue weighted by atomic mass is 9.72. The number of hydrogen-bond acceptors (Lipinski definition) is 2. The summed E-state index contributed by atoms with van der Waals surface area (Å²) in [6.07, 6.45) is 1.74. The van der Waals surface area contributed by atoms with Crippen LogP contribution in [0, 0.1) is 5.92 Å². The van der Waals surface area contributed by atoms with Gasteiger partial charge < -0.3 is 10.6 Å². The first kappa shape index (κ1) is 15.0. The third-order valence-corrected chi connectivity index (χ3v) is 4.58. The van der Waals surface area contributed by atoms with Gasteiger partial charge in [-0.3, -0.25) is 4.79 Å². The van der Waals surface area contributed by atoms with Crippen LogP contribution in [0.3, 0.4) is 0 Å². The molecule has 3 heteroatoms. The quantitative estimate of drug-likeness (QED) is 0.885. The van der Waals surface area contributed by atoms with Crippen molar-refractivity contribution in [3.05, 3.63) is 35.9 Å². The Bertz CT molecular complexity index is 436. The Balaban J connectivity index is 2.26. The highest BCUT2D eigenvalue weighted by Gasteiger charge is 2.41. The SMILES string of the molecule is CC(C)[C@H](C)NC(=O)C1(c2ccccc2)CCNCC1. The standard InChI is InChI=1S/C17H26N2O/c1-13(2)14(3)19-16(20)17(9-11-18-12-10-17)15-7-5-4-6-8-15/h4-8,13-14,18H,9-12H2,1-3H3,(H,19,20)/t14-/m0/s1. The molecule has 0 bridgehead atoms. The normalized spacial score (nSPS) is 19.6. The van der Waals surface area contributed by atoms with Gasteiger partial charge in [0.25, 0.3) is 0 Å². The second-order valence-electron chi connectivity index (χ2n) is 6.20. The summed E-state index contributed by atoms with van der Waals surface area (Å²) in [6.45, 7) is 8.17. The molecule has 3 nitrogen and oxygen atoms in total. The Hall–Kier alpha value is -1.35. The van der Waals surface area contributed by atoms with Gasteiger partial charge in [0.05, 0.1) is 5.41 Å². The molecule has 0 saturated carbocycles. The first-order valence-corrected chi connectivity index (χ1v) is 7.63. The average molecular weight is 274 g/mol. The Morgan fingerprint density at radius 1 is 1.15 bits per heavy atom. The lowest BCUT2D eigenvalue weighted by molar-refractivity contribution is -0.128. The molecule has 1 aromatic rings. The van der Waals surface area contributed by atoms with Crippen LogP contribution in [0.2, 0.25) is 0 Å². The van der Waals surface area contributed by atoms with Crippen LogP contribution in [0.1, 0.15) is 39.2 Å². The smallest absolute Gasteiger partial charge is 0.230 e. The molecule has 1 heterocycles. The van der Waals surface area contributed by atoms with E-state index in [4.69, 9.17) is 0 Å². The summed E-state index contributed by atoms with van der Waals surface area (Å²) in [6, 6.07) is 10.4. The summed E-state index contributed by atoms with van der Waals surface area (Å²) in [4.78, 5) is 12.9. The lowest BCUT2D eigenvalue weighted by Gasteiger charge is -2.38. The number of amides is 1. The van der Waals surface area contributed by atoms with Crippen molar-refractivity contribution >= 4 is 5.91 Å². The highest BCUT2D eigenvalue weighted by molar-refractivity contribution is 5.88. The van der Waals surface area contributed by atoms with Crippen LogP contribution in [0.5, 0.6) is 0 Å². The number of benzene rings is 1. The highest BCUT2D eigenvalue weighted by atomic mass is 16.2. The zero-order chi connectivity index (χ0) is 14.6. The summed E-state index contributed by atoms with van der Waals surface area (Å²) in [5.41, 5.74) is 0.783. The van der Waals surface area contributed by atoms with Crippen molar-refractivity contribution in [3.8, 4) is 0 Å². The maximum absolute atomic E-state index is 12.9. The van der Waals surface area contributed by atoms with E-state index in [0.717, 1.165) is 31.5 Å². The zero-order valence-electron chi connectivity index (χ0n) is 12.8. The predicted octanol–water partition coefficient (Wildman–Crippen LogP) is 2.47. The Kier molecular flexibility index (Phi) is 4.81. The lowest BCUT2D eigenvalue weighted by Crippen LogP contribution is -2.53. The molecular weight excluding hydrogens is 248 g/mol. The molecule has 0 spiro atoms. The topological polar surface area (TPSA) is 41.1 Å². The monoisotopic (exact) mass is 274 g/mol. The van der Waals surface area contributed by atoms with E-state index in [1.54, 1.807) is 0 Å². The number of carbonyl (C=O) groups is 1. The first-order valence-electron chi connectivity index (χ1n) is 7.63. The third-order valence-electron chi connectivity index (χ3n) is 4.58. The van der Waals surface area contributed by atoms with Crippen LogP contribution >= 0.6 is 0 Å². The van der Waals surface area contributed by atoms with E-state index < -0.39 is 0 Å². The molecule has 1 aliphatic heterocycles. The largest absolute Gasteiger partial charge is 0.353 e. The van der Waals surface area contributed by atoms with Gasteiger partial charge in [0.15, 0.2) is 0 Å². The summed E-state index contributed by atoms with van der Waals surface area (Å²) >= 11 is 0. The summed E-state index contributed by atoms with van der Waals surface area (Å²) < 4.78 is 0. The molecule has 1 saturated heterocycles. The molecule has 0 unspecified atom stereocenters. The van der Waals surface area contributed by atoms with Gasteiger partial charge in [0.1, 0.15) is 0 Å². The third kappa shape index (κ3) is 3.04. The van der Waals surface area contributed by atoms with Crippen LogP contribution in [0.25, 0.3) is 0 Å². The van der Waals surface area contributed by atoms with Crippen LogP contribution in [-0.2, 0) is 10.2 Å². The van der Waals surface area contributed by atoms with Gasteiger partial charge in [0, 0.05) is 6.04 Å². The van der Waals surface area contributed by atoms with Crippen molar-refractivity contribution in [2.75, 3.05) is 13.1 Å². The molecule has 2 rings (SSSR count). The minimum Gasteiger partial charge on any atom is -0.353 e. The second kappa shape index (κ2) is 6.40. The highest BCUT2D eigenvalue weighted by Crippen LogP contribution is 2.34. The molecule has 2 N–H and O–H groups in total. The van der Waals surface area contributed by atoms with Crippen LogP contribution in [-0.4, -0.2) is 25.0 Å². The fraction of sp³-hybridized carbons (Fsp3) is 0.588. The number of carbonyl (C=O) groups excluding carboxylic acids is 1. The fourth-order valence-electron chi connectivity index (χ4n) is 2.77. The number of hydrogen-bond donors (Lipinski definition) is 2. The summed E-state index contributed by atoms with van der Waals surface area (Å²) in [5.74, 6) is 0.639. The zero-order valence-corrected chi connectivity index (χ0v) is 12.8. The Morgan fingerprint density at radius 3 is 2.30 bits per heavy atom. The fourth-order valence-corrected chi connectivity index (χ4v) is 2.77. The van der Waals surface area contributed by atoms with Gasteiger partial charge in [-0.1, -0.05) is 44.2 Å². The Morgan fingerprint density at radius 2 is 1.75 bits per heavy atom. The van der Waals surface area contributed by atoms with Gasteiger partial charge in [-0.25, -0.2) is 0 Å². The van der Waals surface area contributed by atoms with Crippen molar-refractivity contribution in [2.24, 2.45) is 5.92 Å². The number of piperidine rings is 1. The van der Waals surface area contributed by atoms with Crippen LogP contribution in [0.15, 0.2) is 30.3 Å². The second-order valence-corrected chi connectivity index (χ2v) is 6.20. The molecule has 1 atom stereocenters. The minimum atomic E-state index is -0.365. The summed E-state index contributed by atoms with van der Waals surface area (Å²) in [5, 5.41) is 6.58. The van der Waals surface area contributed by atoms with Gasteiger partial charge in [-0.05, 0) is 44.3 Å². The molecule has 1 fully saturated rings. The average Bonchev–Trinajstić information content (AvgIpc) is 2.48. The van der Waals surface area contributed by atoms with E-state index >= 15 is 0 Å². The molecule has 1 aliphatic rings. The van der Waals surface area contributed by atoms with Crippen LogP contribution < -0.4 is 10.6 Å². The molecular formula is C17H26N2O. The number of nitrogens with one attached hydrogen (secondary N) is 2. The minimum absolute atomic E-state index is 0.186. The maximum atomic E-state index is 12.9. The molecule has 110 valence electrons. The Labute approximate surface area is 122 Å². The van der Waals surface area contributed by atoms with Crippen molar-refractivity contribution in [3.63, 3.8) is 0 Å². The van der Waals surface area contributed by atoms with E-state index in [1.807, 2.05) is 18.2 Å². The maximum Gasteiger partial charge on any atom is 0.230 e. The van der Waals surface area contributed by atoms with Crippen molar-refractivity contribution < 1.29 is 4.79 Å². The van der Waals surface area contributed by atoms with Gasteiger partial charge in [0.2, 0.25) is 5.91 Å². The molecule has 1 aromatic carbocycles. The first-order chi connectivity index (χ1) is 9.56. The van der Waals surface area contributed by atoms with Crippen molar-refractivity contribution in [1.29, 1.82) is 0 Å². The van der Waals surface area contributed by atoms with E-state index in [2.05, 4.69) is 43.5 Å². The molecule has 20 heavy (non-hydrogen) atoms. The number of rotatable bonds is 4. The van der Waals surface area contributed by atoms with E-state index in [1.165, 1.54) is 0 Å². The summed E-state index contributed by atoms with van der Waals surface area (Å²) in [7, 11) is 0. The van der Waals surface area contributed by atoms with E-state index in [9.17, 15) is 4.79 Å². The predicted molar refractivity (Wildman–Crippen MR) is 82.7 cm³/mol. The van der Waals surface area contributed by atoms with E-state index in [0.29, 0.717) is 5.92 Å². The van der Waals surface area contributed by atoms with Gasteiger partial charge in [-0.15, -0.1) is 0 Å². The van der Waals surface area contributed by atoms with Crippen LogP contribution in [0.4, 0.5) is 0 Å². The molecule has 0 aliphatic carbocycles. The molecule has 0 aromatic heterocycles.